The fraction of sp³-hybridized carbons (Fsp3) is 0.233. The van der Waals surface area contributed by atoms with Crippen molar-refractivity contribution in [3.63, 3.8) is 0 Å². The molecule has 4 rings (SSSR count). The third-order valence-electron chi connectivity index (χ3n) is 6.44. The number of rotatable bonds is 11. The number of aryl methyl sites for hydroxylation is 2. The maximum absolute atomic E-state index is 13.6. The second-order valence-corrected chi connectivity index (χ2v) is 11.7. The number of carbonyl (C=O) groups is 2. The number of hydrogen-bond donors (Lipinski definition) is 0. The molecule has 1 aliphatic heterocycles. The molecule has 202 valence electrons. The lowest BCUT2D eigenvalue weighted by atomic mass is 9.94. The van der Waals surface area contributed by atoms with Crippen molar-refractivity contribution < 1.29 is 27.1 Å². The second-order valence-electron chi connectivity index (χ2n) is 9.12. The van der Waals surface area contributed by atoms with Crippen molar-refractivity contribution in [3.8, 4) is 0 Å². The van der Waals surface area contributed by atoms with Crippen molar-refractivity contribution in [2.75, 3.05) is 6.61 Å². The van der Waals surface area contributed by atoms with E-state index in [4.69, 9.17) is 16.3 Å². The highest BCUT2D eigenvalue weighted by Crippen LogP contribution is 2.36. The Balaban J connectivity index is 1.65. The molecule has 1 atom stereocenters. The van der Waals surface area contributed by atoms with Gasteiger partial charge in [0, 0.05) is 28.8 Å². The first-order valence-corrected chi connectivity index (χ1v) is 14.3. The molecule has 39 heavy (non-hydrogen) atoms. The molecule has 0 saturated carbocycles. The van der Waals surface area contributed by atoms with E-state index >= 15 is 0 Å². The van der Waals surface area contributed by atoms with Gasteiger partial charge in [-0.3, -0.25) is 14.6 Å². The lowest BCUT2D eigenvalue weighted by molar-refractivity contribution is -0.143. The fourth-order valence-electron chi connectivity index (χ4n) is 4.42. The molecule has 6 nitrogen and oxygen atoms in total. The normalized spacial score (nSPS) is 16.4. The van der Waals surface area contributed by atoms with E-state index in [-0.39, 0.29) is 42.5 Å². The molecule has 0 bridgehead atoms. The predicted octanol–water partition coefficient (Wildman–Crippen LogP) is 5.95. The van der Waals surface area contributed by atoms with E-state index in [1.807, 2.05) is 6.07 Å². The quantitative estimate of drug-likeness (QED) is 0.211. The monoisotopic (exact) mass is 567 g/mol. The molecular weight excluding hydrogens is 541 g/mol. The predicted molar refractivity (Wildman–Crippen MR) is 149 cm³/mol. The van der Waals surface area contributed by atoms with Crippen LogP contribution in [0.4, 0.5) is 4.39 Å². The van der Waals surface area contributed by atoms with E-state index in [1.165, 1.54) is 54.7 Å². The number of halogens is 2. The Morgan fingerprint density at radius 2 is 1.62 bits per heavy atom. The van der Waals surface area contributed by atoms with Gasteiger partial charge in [-0.25, -0.2) is 12.8 Å². The van der Waals surface area contributed by atoms with E-state index in [0.29, 0.717) is 28.1 Å². The Morgan fingerprint density at radius 3 is 2.23 bits per heavy atom. The van der Waals surface area contributed by atoms with Crippen molar-refractivity contribution >= 4 is 39.4 Å². The summed E-state index contributed by atoms with van der Waals surface area (Å²) in [5.41, 5.74) is 2.11. The topological polar surface area (TPSA) is 89.9 Å². The third-order valence-corrected chi connectivity index (χ3v) is 8.96. The molecule has 0 aliphatic carbocycles. The largest absolute Gasteiger partial charge is 0.466 e. The van der Waals surface area contributed by atoms with Crippen molar-refractivity contribution in [2.24, 2.45) is 4.99 Å². The van der Waals surface area contributed by atoms with Crippen LogP contribution in [0.1, 0.15) is 46.8 Å². The first-order chi connectivity index (χ1) is 18.6. The number of ether oxygens (including phenoxy) is 1. The molecule has 0 spiro atoms. The molecule has 9 heteroatoms. The maximum atomic E-state index is 13.6. The van der Waals surface area contributed by atoms with Gasteiger partial charge in [0.2, 0.25) is 9.84 Å². The number of benzene rings is 3. The van der Waals surface area contributed by atoms with Gasteiger partial charge in [-0.1, -0.05) is 17.7 Å². The number of esters is 1. The van der Waals surface area contributed by atoms with Crippen LogP contribution in [0.25, 0.3) is 0 Å². The van der Waals surface area contributed by atoms with Crippen LogP contribution in [0, 0.1) is 5.82 Å². The van der Waals surface area contributed by atoms with Crippen LogP contribution in [0.15, 0.2) is 88.8 Å². The van der Waals surface area contributed by atoms with Gasteiger partial charge in [0.1, 0.15) is 5.82 Å². The van der Waals surface area contributed by atoms with Crippen LogP contribution >= 0.6 is 11.6 Å². The van der Waals surface area contributed by atoms with Gasteiger partial charge in [0.25, 0.3) is 0 Å². The summed E-state index contributed by atoms with van der Waals surface area (Å²) in [7, 11) is -3.91. The second kappa shape index (κ2) is 12.1. The van der Waals surface area contributed by atoms with Crippen LogP contribution in [0.2, 0.25) is 5.02 Å². The smallest absolute Gasteiger partial charge is 0.306 e. The van der Waals surface area contributed by atoms with Crippen molar-refractivity contribution in [1.82, 2.24) is 0 Å². The van der Waals surface area contributed by atoms with E-state index in [1.54, 1.807) is 31.2 Å². The minimum Gasteiger partial charge on any atom is -0.466 e. The summed E-state index contributed by atoms with van der Waals surface area (Å²) in [6, 6.07) is 16.5. The van der Waals surface area contributed by atoms with Crippen LogP contribution < -0.4 is 0 Å². The van der Waals surface area contributed by atoms with Gasteiger partial charge in [-0.05, 0) is 110 Å². The molecule has 0 radical (unpaired) electrons. The van der Waals surface area contributed by atoms with Gasteiger partial charge in [0.05, 0.1) is 11.5 Å². The summed E-state index contributed by atoms with van der Waals surface area (Å²) in [6.45, 7) is 2.00. The van der Waals surface area contributed by atoms with Crippen molar-refractivity contribution in [2.45, 2.75) is 42.4 Å². The zero-order valence-electron chi connectivity index (χ0n) is 21.3. The Bertz CT molecular complexity index is 1520. The number of nitrogens with zero attached hydrogens (tertiary/aromatic N) is 1. The van der Waals surface area contributed by atoms with Gasteiger partial charge in [0.15, 0.2) is 10.7 Å². The minimum atomic E-state index is -3.91. The summed E-state index contributed by atoms with van der Waals surface area (Å²) in [4.78, 5) is 28.1. The SMILES string of the molecule is CCOC(=O)CCc1cc(CCC2(S(=O)(=O)c3ccc(Cl)cc3)C=CC=N2)cc(C(=O)c2ccc(F)cc2)c1. The molecule has 1 aliphatic rings. The molecule has 1 heterocycles. The summed E-state index contributed by atoms with van der Waals surface area (Å²) >= 11 is 5.95. The molecule has 0 fully saturated rings. The molecular formula is C30H27ClFNO5S. The number of carbonyl (C=O) groups excluding carboxylic acids is 2. The molecule has 0 N–H and O–H groups in total. The van der Waals surface area contributed by atoms with Crippen molar-refractivity contribution in [3.05, 3.63) is 112 Å². The van der Waals surface area contributed by atoms with E-state index in [9.17, 15) is 22.4 Å². The lowest BCUT2D eigenvalue weighted by Crippen LogP contribution is -2.34. The van der Waals surface area contributed by atoms with Gasteiger partial charge >= 0.3 is 5.97 Å². The van der Waals surface area contributed by atoms with E-state index < -0.39 is 20.5 Å². The zero-order valence-corrected chi connectivity index (χ0v) is 22.8. The Morgan fingerprint density at radius 1 is 0.949 bits per heavy atom. The van der Waals surface area contributed by atoms with Crippen LogP contribution in [0.3, 0.4) is 0 Å². The first kappa shape index (κ1) is 28.4. The maximum Gasteiger partial charge on any atom is 0.306 e. The highest BCUT2D eigenvalue weighted by Gasteiger charge is 2.43. The third kappa shape index (κ3) is 6.52. The number of allylic oxidation sites excluding steroid dienone is 1. The summed E-state index contributed by atoms with van der Waals surface area (Å²) in [6.07, 6.45) is 5.50. The Hall–Kier alpha value is -3.62. The van der Waals surface area contributed by atoms with Gasteiger partial charge < -0.3 is 4.74 Å². The summed E-state index contributed by atoms with van der Waals surface area (Å²) in [5, 5.41) is 0.423. The highest BCUT2D eigenvalue weighted by molar-refractivity contribution is 7.93. The Labute approximate surface area is 232 Å². The average molecular weight is 568 g/mol. The minimum absolute atomic E-state index is 0.103. The molecule has 3 aromatic carbocycles. The van der Waals surface area contributed by atoms with E-state index in [0.717, 1.165) is 5.56 Å². The number of sulfone groups is 1. The molecule has 0 amide bonds. The van der Waals surface area contributed by atoms with Gasteiger partial charge in [-0.2, -0.15) is 0 Å². The number of aliphatic imine (C=N–C) groups is 1. The number of hydrogen-bond acceptors (Lipinski definition) is 6. The average Bonchev–Trinajstić information content (AvgIpc) is 3.42. The summed E-state index contributed by atoms with van der Waals surface area (Å²) in [5.74, 6) is -1.11. The van der Waals surface area contributed by atoms with E-state index in [2.05, 4.69) is 4.99 Å². The molecule has 0 aromatic heterocycles. The molecule has 0 saturated heterocycles. The number of ketones is 1. The summed E-state index contributed by atoms with van der Waals surface area (Å²) < 4.78 is 45.7. The lowest BCUT2D eigenvalue weighted by Gasteiger charge is -2.25. The standard InChI is InChI=1S/C30H27ClFNO5S/c1-2-38-28(34)13-4-21-18-22(20-24(19-21)29(35)23-5-9-26(32)10-6-23)14-16-30(15-3-17-33-30)39(36,37)27-11-7-25(31)8-12-27/h3,5-12,15,17-20H,2,4,13-14,16H2,1H3. The van der Waals surface area contributed by atoms with Gasteiger partial charge in [-0.15, -0.1) is 0 Å². The van der Waals surface area contributed by atoms with Crippen molar-refractivity contribution in [1.29, 1.82) is 0 Å². The van der Waals surface area contributed by atoms with Crippen LogP contribution in [0.5, 0.6) is 0 Å². The highest BCUT2D eigenvalue weighted by atomic mass is 35.5. The Kier molecular flexibility index (Phi) is 8.77. The first-order valence-electron chi connectivity index (χ1n) is 12.5. The van der Waals surface area contributed by atoms with Crippen LogP contribution in [-0.2, 0) is 32.2 Å². The fourth-order valence-corrected chi connectivity index (χ4v) is 6.27. The zero-order chi connectivity index (χ0) is 28.0. The van der Waals surface area contributed by atoms with Crippen LogP contribution in [-0.4, -0.2) is 37.9 Å². The molecule has 3 aromatic rings. The molecule has 1 unspecified atom stereocenters.